The lowest BCUT2D eigenvalue weighted by atomic mass is 9.93. The molecule has 0 spiro atoms. The summed E-state index contributed by atoms with van der Waals surface area (Å²) in [7, 11) is 1.47. The lowest BCUT2D eigenvalue weighted by molar-refractivity contribution is -0.146. The van der Waals surface area contributed by atoms with Gasteiger partial charge in [-0.15, -0.1) is 0 Å². The largest absolute Gasteiger partial charge is 0.468 e. The molecule has 19 heavy (non-hydrogen) atoms. The van der Waals surface area contributed by atoms with Crippen molar-refractivity contribution in [2.24, 2.45) is 0 Å². The molecule has 0 aromatic heterocycles. The predicted octanol–water partition coefficient (Wildman–Crippen LogP) is 2.92. The van der Waals surface area contributed by atoms with Crippen LogP contribution in [0.1, 0.15) is 41.1 Å². The van der Waals surface area contributed by atoms with E-state index >= 15 is 0 Å². The summed E-state index contributed by atoms with van der Waals surface area (Å²) in [5.41, 5.74) is 4.84. The third-order valence-corrected chi connectivity index (χ3v) is 4.32. The maximum Gasteiger partial charge on any atom is 0.327 e. The van der Waals surface area contributed by atoms with E-state index in [9.17, 15) is 4.79 Å². The van der Waals surface area contributed by atoms with Gasteiger partial charge in [0.15, 0.2) is 0 Å². The Labute approximate surface area is 115 Å². The summed E-state index contributed by atoms with van der Waals surface area (Å²) in [6.07, 6.45) is 2.33. The number of ether oxygens (including phenoxy) is 1. The van der Waals surface area contributed by atoms with Crippen molar-refractivity contribution in [2.75, 3.05) is 20.2 Å². The Morgan fingerprint density at radius 2 is 1.79 bits per heavy atom. The van der Waals surface area contributed by atoms with E-state index in [4.69, 9.17) is 4.74 Å². The van der Waals surface area contributed by atoms with Crippen LogP contribution < -0.4 is 0 Å². The van der Waals surface area contributed by atoms with Gasteiger partial charge in [-0.25, -0.2) is 4.79 Å². The van der Waals surface area contributed by atoms with E-state index in [0.29, 0.717) is 0 Å². The van der Waals surface area contributed by atoms with Gasteiger partial charge in [0.05, 0.1) is 7.11 Å². The van der Waals surface area contributed by atoms with E-state index in [0.717, 1.165) is 31.5 Å². The van der Waals surface area contributed by atoms with Gasteiger partial charge in [-0.2, -0.15) is 0 Å². The van der Waals surface area contributed by atoms with Crippen molar-refractivity contribution in [3.05, 3.63) is 34.4 Å². The minimum Gasteiger partial charge on any atom is -0.468 e. The molecule has 3 nitrogen and oxygen atoms in total. The van der Waals surface area contributed by atoms with Gasteiger partial charge in [0.1, 0.15) is 6.04 Å². The van der Waals surface area contributed by atoms with Crippen molar-refractivity contribution in [3.8, 4) is 0 Å². The number of benzene rings is 1. The summed E-state index contributed by atoms with van der Waals surface area (Å²) in [6.45, 7) is 8.28. The number of carbonyl (C=O) groups excluding carboxylic acids is 1. The number of nitrogens with zero attached hydrogens (tertiary/aromatic N) is 1. The summed E-state index contributed by atoms with van der Waals surface area (Å²) in [5, 5.41) is 0. The quantitative estimate of drug-likeness (QED) is 0.784. The van der Waals surface area contributed by atoms with E-state index in [-0.39, 0.29) is 12.0 Å². The number of carbonyl (C=O) groups is 1. The van der Waals surface area contributed by atoms with Crippen molar-refractivity contribution in [1.82, 2.24) is 4.90 Å². The van der Waals surface area contributed by atoms with Gasteiger partial charge in [0, 0.05) is 0 Å². The summed E-state index contributed by atoms with van der Waals surface area (Å²) in [4.78, 5) is 14.4. The van der Waals surface area contributed by atoms with Crippen LogP contribution in [0.3, 0.4) is 0 Å². The molecule has 0 saturated carbocycles. The average Bonchev–Trinajstić information content (AvgIpc) is 2.92. The Balaban J connectivity index is 2.43. The molecule has 1 aromatic rings. The lowest BCUT2D eigenvalue weighted by Crippen LogP contribution is -2.33. The van der Waals surface area contributed by atoms with Crippen LogP contribution in [0.25, 0.3) is 0 Å². The third-order valence-electron chi connectivity index (χ3n) is 4.32. The summed E-state index contributed by atoms with van der Waals surface area (Å²) in [6, 6.07) is 3.94. The Bertz CT molecular complexity index is 476. The predicted molar refractivity (Wildman–Crippen MR) is 76.2 cm³/mol. The first kappa shape index (κ1) is 14.1. The van der Waals surface area contributed by atoms with Gasteiger partial charge in [-0.1, -0.05) is 12.1 Å². The van der Waals surface area contributed by atoms with Crippen LogP contribution in [0.4, 0.5) is 0 Å². The van der Waals surface area contributed by atoms with Crippen molar-refractivity contribution < 1.29 is 9.53 Å². The monoisotopic (exact) mass is 261 g/mol. The fraction of sp³-hybridized carbons (Fsp3) is 0.562. The third kappa shape index (κ3) is 2.66. The maximum absolute atomic E-state index is 12.2. The van der Waals surface area contributed by atoms with Crippen LogP contribution in [-0.4, -0.2) is 31.1 Å². The topological polar surface area (TPSA) is 29.5 Å². The van der Waals surface area contributed by atoms with Crippen molar-refractivity contribution in [3.63, 3.8) is 0 Å². The molecule has 1 unspecified atom stereocenters. The molecule has 1 atom stereocenters. The fourth-order valence-corrected chi connectivity index (χ4v) is 2.86. The molecule has 0 aliphatic carbocycles. The SMILES string of the molecule is COC(=O)C(c1ccc(C)c(C)c1C)N1CCCC1. The Kier molecular flexibility index (Phi) is 4.25. The molecule has 1 fully saturated rings. The van der Waals surface area contributed by atoms with E-state index in [1.54, 1.807) is 0 Å². The van der Waals surface area contributed by atoms with Crippen LogP contribution in [-0.2, 0) is 9.53 Å². The van der Waals surface area contributed by atoms with Crippen molar-refractivity contribution in [1.29, 1.82) is 0 Å². The molecule has 0 amide bonds. The molecule has 0 N–H and O–H groups in total. The molecule has 1 saturated heterocycles. The van der Waals surface area contributed by atoms with Gasteiger partial charge in [-0.3, -0.25) is 4.90 Å². The van der Waals surface area contributed by atoms with Crippen LogP contribution in [0.15, 0.2) is 12.1 Å². The van der Waals surface area contributed by atoms with E-state index < -0.39 is 0 Å². The number of hydrogen-bond donors (Lipinski definition) is 0. The van der Waals surface area contributed by atoms with Gasteiger partial charge >= 0.3 is 5.97 Å². The Morgan fingerprint density at radius 1 is 1.16 bits per heavy atom. The summed E-state index contributed by atoms with van der Waals surface area (Å²) in [5.74, 6) is -0.145. The molecule has 1 heterocycles. The molecule has 0 bridgehead atoms. The highest BCUT2D eigenvalue weighted by atomic mass is 16.5. The van der Waals surface area contributed by atoms with Gasteiger partial charge in [-0.05, 0) is 69.0 Å². The second-order valence-corrected chi connectivity index (χ2v) is 5.39. The first-order chi connectivity index (χ1) is 9.06. The molecule has 1 aromatic carbocycles. The molecule has 2 rings (SSSR count). The van der Waals surface area contributed by atoms with E-state index in [2.05, 4.69) is 37.8 Å². The van der Waals surface area contributed by atoms with Crippen molar-refractivity contribution >= 4 is 5.97 Å². The van der Waals surface area contributed by atoms with Gasteiger partial charge in [0.2, 0.25) is 0 Å². The summed E-state index contributed by atoms with van der Waals surface area (Å²) < 4.78 is 5.02. The minimum atomic E-state index is -0.244. The number of esters is 1. The Hall–Kier alpha value is -1.35. The summed E-state index contributed by atoms with van der Waals surface area (Å²) >= 11 is 0. The van der Waals surface area contributed by atoms with Crippen LogP contribution in [0.2, 0.25) is 0 Å². The maximum atomic E-state index is 12.2. The number of rotatable bonds is 3. The molecule has 1 aliphatic rings. The lowest BCUT2D eigenvalue weighted by Gasteiger charge is -2.27. The standard InChI is InChI=1S/C16H23NO2/c1-11-7-8-14(13(3)12(11)2)15(16(18)19-4)17-9-5-6-10-17/h7-8,15H,5-6,9-10H2,1-4H3. The molecule has 0 radical (unpaired) electrons. The van der Waals surface area contributed by atoms with Gasteiger partial charge < -0.3 is 4.74 Å². The highest BCUT2D eigenvalue weighted by Crippen LogP contribution is 2.30. The fourth-order valence-electron chi connectivity index (χ4n) is 2.86. The number of aryl methyl sites for hydroxylation is 1. The van der Waals surface area contributed by atoms with E-state index in [1.807, 2.05) is 0 Å². The minimum absolute atomic E-state index is 0.145. The smallest absolute Gasteiger partial charge is 0.327 e. The van der Waals surface area contributed by atoms with Crippen LogP contribution in [0, 0.1) is 20.8 Å². The second kappa shape index (κ2) is 5.74. The van der Waals surface area contributed by atoms with Crippen LogP contribution in [0.5, 0.6) is 0 Å². The molecule has 104 valence electrons. The van der Waals surface area contributed by atoms with Crippen LogP contribution >= 0.6 is 0 Å². The molecule has 3 heteroatoms. The normalized spacial score (nSPS) is 17.5. The molecular formula is C16H23NO2. The number of methoxy groups -OCH3 is 1. The second-order valence-electron chi connectivity index (χ2n) is 5.39. The first-order valence-corrected chi connectivity index (χ1v) is 6.95. The number of hydrogen-bond acceptors (Lipinski definition) is 3. The molecular weight excluding hydrogens is 238 g/mol. The van der Waals surface area contributed by atoms with Crippen molar-refractivity contribution in [2.45, 2.75) is 39.7 Å². The highest BCUT2D eigenvalue weighted by Gasteiger charge is 2.31. The Morgan fingerprint density at radius 3 is 2.37 bits per heavy atom. The van der Waals surface area contributed by atoms with Gasteiger partial charge in [0.25, 0.3) is 0 Å². The number of likely N-dealkylation sites (tertiary alicyclic amines) is 1. The zero-order chi connectivity index (χ0) is 14.0. The zero-order valence-electron chi connectivity index (χ0n) is 12.3. The zero-order valence-corrected chi connectivity index (χ0v) is 12.3. The van der Waals surface area contributed by atoms with E-state index in [1.165, 1.54) is 23.8 Å². The first-order valence-electron chi connectivity index (χ1n) is 6.95. The average molecular weight is 261 g/mol. The molecule has 1 aliphatic heterocycles. The highest BCUT2D eigenvalue weighted by molar-refractivity contribution is 5.78.